The average Bonchev–Trinajstić information content (AvgIpc) is 3.22. The van der Waals surface area contributed by atoms with Crippen molar-refractivity contribution in [3.63, 3.8) is 0 Å². The summed E-state index contributed by atoms with van der Waals surface area (Å²) in [6.45, 7) is 4.36. The molecule has 0 spiro atoms. The molecular weight excluding hydrogens is 318 g/mol. The van der Waals surface area contributed by atoms with Crippen molar-refractivity contribution in [1.29, 1.82) is 0 Å². The molecule has 0 radical (unpaired) electrons. The lowest BCUT2D eigenvalue weighted by molar-refractivity contribution is 0.467. The predicted molar refractivity (Wildman–Crippen MR) is 97.7 cm³/mol. The van der Waals surface area contributed by atoms with Crippen molar-refractivity contribution in [2.24, 2.45) is 0 Å². The normalized spacial score (nSPS) is 11.3. The molecule has 0 N–H and O–H groups in total. The predicted octanol–water partition coefficient (Wildman–Crippen LogP) is 5.53. The molecule has 4 aromatic rings. The van der Waals surface area contributed by atoms with Gasteiger partial charge in [-0.2, -0.15) is 0 Å². The van der Waals surface area contributed by atoms with E-state index in [1.54, 1.807) is 23.7 Å². The van der Waals surface area contributed by atoms with E-state index in [1.165, 1.54) is 10.9 Å². The molecule has 0 bridgehead atoms. The summed E-state index contributed by atoms with van der Waals surface area (Å²) < 4.78 is 8.19. The first-order chi connectivity index (χ1) is 11.7. The molecule has 0 aliphatic rings. The summed E-state index contributed by atoms with van der Waals surface area (Å²) in [4.78, 5) is 8.58. The minimum Gasteiger partial charge on any atom is -0.438 e. The highest BCUT2D eigenvalue weighted by Crippen LogP contribution is 2.31. The monoisotopic (exact) mass is 335 g/mol. The quantitative estimate of drug-likeness (QED) is 0.492. The van der Waals surface area contributed by atoms with Gasteiger partial charge < -0.3 is 9.30 Å². The average molecular weight is 335 g/mol. The molecule has 5 heteroatoms. The molecule has 0 saturated carbocycles. The van der Waals surface area contributed by atoms with E-state index in [4.69, 9.17) is 4.74 Å². The zero-order valence-corrected chi connectivity index (χ0v) is 14.3. The standard InChI is InChI=1S/C19H17N3OS/c1-13(2)22-10-7-15-11-16(3-4-17(15)22)23-18-12-24-19(21-18)14-5-8-20-9-6-14/h3-13H,1-2H3. The zero-order chi connectivity index (χ0) is 16.5. The van der Waals surface area contributed by atoms with Crippen molar-refractivity contribution in [1.82, 2.24) is 14.5 Å². The van der Waals surface area contributed by atoms with Crippen LogP contribution in [0, 0.1) is 0 Å². The van der Waals surface area contributed by atoms with E-state index in [-0.39, 0.29) is 0 Å². The van der Waals surface area contributed by atoms with Gasteiger partial charge in [-0.25, -0.2) is 4.98 Å². The summed E-state index contributed by atoms with van der Waals surface area (Å²) >= 11 is 1.57. The van der Waals surface area contributed by atoms with E-state index < -0.39 is 0 Å². The molecule has 0 atom stereocenters. The Morgan fingerprint density at radius 2 is 1.92 bits per heavy atom. The maximum absolute atomic E-state index is 5.93. The fourth-order valence-electron chi connectivity index (χ4n) is 2.71. The highest BCUT2D eigenvalue weighted by molar-refractivity contribution is 7.13. The molecule has 24 heavy (non-hydrogen) atoms. The Balaban J connectivity index is 1.59. The van der Waals surface area contributed by atoms with E-state index in [0.717, 1.165) is 16.3 Å². The molecule has 0 aliphatic heterocycles. The number of hydrogen-bond donors (Lipinski definition) is 0. The van der Waals surface area contributed by atoms with Gasteiger partial charge in [-0.05, 0) is 50.2 Å². The van der Waals surface area contributed by atoms with Gasteiger partial charge in [0.05, 0.1) is 5.38 Å². The highest BCUT2D eigenvalue weighted by Gasteiger charge is 2.09. The summed E-state index contributed by atoms with van der Waals surface area (Å²) in [5.74, 6) is 1.42. The second-order valence-corrected chi connectivity index (χ2v) is 6.72. The number of benzene rings is 1. The van der Waals surface area contributed by atoms with Gasteiger partial charge in [-0.1, -0.05) is 0 Å². The molecule has 0 saturated heterocycles. The first-order valence-electron chi connectivity index (χ1n) is 7.85. The van der Waals surface area contributed by atoms with E-state index in [9.17, 15) is 0 Å². The van der Waals surface area contributed by atoms with Crippen LogP contribution in [0.3, 0.4) is 0 Å². The third-order valence-corrected chi connectivity index (χ3v) is 4.75. The van der Waals surface area contributed by atoms with Crippen LogP contribution in [0.15, 0.2) is 60.4 Å². The maximum atomic E-state index is 5.93. The topological polar surface area (TPSA) is 39.9 Å². The van der Waals surface area contributed by atoms with Crippen molar-refractivity contribution >= 4 is 22.2 Å². The molecule has 3 heterocycles. The third-order valence-electron chi connectivity index (χ3n) is 3.88. The molecule has 1 aromatic carbocycles. The van der Waals surface area contributed by atoms with E-state index in [2.05, 4.69) is 52.8 Å². The van der Waals surface area contributed by atoms with E-state index in [1.807, 2.05) is 23.6 Å². The Kier molecular flexibility index (Phi) is 3.78. The lowest BCUT2D eigenvalue weighted by Crippen LogP contribution is -1.97. The Morgan fingerprint density at radius 1 is 1.08 bits per heavy atom. The number of thiazole rings is 1. The fraction of sp³-hybridized carbons (Fsp3) is 0.158. The van der Waals surface area contributed by atoms with Crippen LogP contribution in [0.5, 0.6) is 11.6 Å². The van der Waals surface area contributed by atoms with Gasteiger partial charge >= 0.3 is 0 Å². The van der Waals surface area contributed by atoms with Gasteiger partial charge in [-0.15, -0.1) is 11.3 Å². The largest absolute Gasteiger partial charge is 0.438 e. The maximum Gasteiger partial charge on any atom is 0.230 e. The lowest BCUT2D eigenvalue weighted by Gasteiger charge is -2.09. The molecule has 120 valence electrons. The number of nitrogens with zero attached hydrogens (tertiary/aromatic N) is 3. The Labute approximate surface area is 144 Å². The number of fused-ring (bicyclic) bond motifs is 1. The van der Waals surface area contributed by atoms with Gasteiger partial charge in [0.2, 0.25) is 5.88 Å². The van der Waals surface area contributed by atoms with Crippen LogP contribution in [0.1, 0.15) is 19.9 Å². The van der Waals surface area contributed by atoms with Crippen molar-refractivity contribution < 1.29 is 4.74 Å². The molecule has 3 aromatic heterocycles. The minimum absolute atomic E-state index is 0.440. The summed E-state index contributed by atoms with van der Waals surface area (Å²) in [6.07, 6.45) is 5.65. The van der Waals surface area contributed by atoms with Crippen molar-refractivity contribution in [2.45, 2.75) is 19.9 Å². The van der Waals surface area contributed by atoms with Gasteiger partial charge in [0.25, 0.3) is 0 Å². The van der Waals surface area contributed by atoms with Crippen LogP contribution in [0.2, 0.25) is 0 Å². The van der Waals surface area contributed by atoms with Crippen LogP contribution in [-0.2, 0) is 0 Å². The van der Waals surface area contributed by atoms with Gasteiger partial charge in [-0.3, -0.25) is 4.98 Å². The Hall–Kier alpha value is -2.66. The van der Waals surface area contributed by atoms with Crippen LogP contribution in [0.4, 0.5) is 0 Å². The van der Waals surface area contributed by atoms with Crippen molar-refractivity contribution in [3.05, 3.63) is 60.4 Å². The second kappa shape index (κ2) is 6.09. The number of pyridine rings is 1. The van der Waals surface area contributed by atoms with Crippen molar-refractivity contribution in [2.75, 3.05) is 0 Å². The molecular formula is C19H17N3OS. The minimum atomic E-state index is 0.440. The SMILES string of the molecule is CC(C)n1ccc2cc(Oc3csc(-c4ccncc4)n3)ccc21. The molecule has 0 fully saturated rings. The van der Waals surface area contributed by atoms with Gasteiger partial charge in [0.15, 0.2) is 0 Å². The number of ether oxygens (including phenoxy) is 1. The molecule has 0 unspecified atom stereocenters. The summed E-state index contributed by atoms with van der Waals surface area (Å²) in [6, 6.07) is 12.6. The zero-order valence-electron chi connectivity index (χ0n) is 13.5. The molecule has 4 rings (SSSR count). The third kappa shape index (κ3) is 2.78. The smallest absolute Gasteiger partial charge is 0.230 e. The first kappa shape index (κ1) is 14.9. The number of aromatic nitrogens is 3. The van der Waals surface area contributed by atoms with Crippen LogP contribution in [-0.4, -0.2) is 14.5 Å². The Bertz CT molecular complexity index is 973. The lowest BCUT2D eigenvalue weighted by atomic mass is 10.2. The van der Waals surface area contributed by atoms with Gasteiger partial charge in [0.1, 0.15) is 10.8 Å². The van der Waals surface area contributed by atoms with Crippen LogP contribution < -0.4 is 4.74 Å². The first-order valence-corrected chi connectivity index (χ1v) is 8.73. The van der Waals surface area contributed by atoms with Crippen LogP contribution >= 0.6 is 11.3 Å². The van der Waals surface area contributed by atoms with E-state index in [0.29, 0.717) is 11.9 Å². The number of hydrogen-bond acceptors (Lipinski definition) is 4. The summed E-state index contributed by atoms with van der Waals surface area (Å²) in [5, 5.41) is 4.03. The summed E-state index contributed by atoms with van der Waals surface area (Å²) in [7, 11) is 0. The number of rotatable bonds is 4. The fourth-order valence-corrected chi connectivity index (χ4v) is 3.44. The Morgan fingerprint density at radius 3 is 2.71 bits per heavy atom. The molecule has 0 amide bonds. The highest BCUT2D eigenvalue weighted by atomic mass is 32.1. The van der Waals surface area contributed by atoms with Gasteiger partial charge in [0, 0.05) is 41.1 Å². The van der Waals surface area contributed by atoms with Crippen molar-refractivity contribution in [3.8, 4) is 22.2 Å². The van der Waals surface area contributed by atoms with Crippen LogP contribution in [0.25, 0.3) is 21.5 Å². The second-order valence-electron chi connectivity index (χ2n) is 5.87. The molecule has 4 nitrogen and oxygen atoms in total. The summed E-state index contributed by atoms with van der Waals surface area (Å²) in [5.41, 5.74) is 2.27. The molecule has 0 aliphatic carbocycles. The van der Waals surface area contributed by atoms with E-state index >= 15 is 0 Å².